The zero-order valence-electron chi connectivity index (χ0n) is 16.5. The van der Waals surface area contributed by atoms with Gasteiger partial charge in [-0.1, -0.05) is 30.3 Å². The lowest BCUT2D eigenvalue weighted by atomic mass is 10.1. The van der Waals surface area contributed by atoms with Crippen LogP contribution >= 0.6 is 0 Å². The van der Waals surface area contributed by atoms with Gasteiger partial charge in [0.05, 0.1) is 19.0 Å². The second-order valence-electron chi connectivity index (χ2n) is 6.15. The van der Waals surface area contributed by atoms with E-state index < -0.39 is 11.5 Å². The highest BCUT2D eigenvalue weighted by molar-refractivity contribution is 5.81. The number of H-pyrrole nitrogens is 1. The Labute approximate surface area is 177 Å². The molecule has 0 aliphatic carbocycles. The minimum absolute atomic E-state index is 0.0764. The molecule has 1 heterocycles. The number of ether oxygens (including phenoxy) is 2. The maximum absolute atomic E-state index is 12.3. The summed E-state index contributed by atoms with van der Waals surface area (Å²) in [5.74, 6) is 0.224. The van der Waals surface area contributed by atoms with Crippen LogP contribution in [0.1, 0.15) is 11.1 Å². The number of primary amides is 1. The van der Waals surface area contributed by atoms with Crippen LogP contribution in [0.2, 0.25) is 0 Å². The molecule has 0 saturated carbocycles. The van der Waals surface area contributed by atoms with Gasteiger partial charge in [-0.25, -0.2) is 10.4 Å². The first-order valence-corrected chi connectivity index (χ1v) is 9.00. The fourth-order valence-electron chi connectivity index (χ4n) is 2.64. The van der Waals surface area contributed by atoms with Gasteiger partial charge in [0.15, 0.2) is 18.1 Å². The third kappa shape index (κ3) is 5.24. The third-order valence-electron chi connectivity index (χ3n) is 4.02. The second kappa shape index (κ2) is 9.71. The molecule has 0 atom stereocenters. The highest BCUT2D eigenvalue weighted by Gasteiger charge is 2.13. The summed E-state index contributed by atoms with van der Waals surface area (Å²) in [5, 5.41) is 13.4. The van der Waals surface area contributed by atoms with Gasteiger partial charge in [0.1, 0.15) is 11.6 Å². The summed E-state index contributed by atoms with van der Waals surface area (Å²) in [6.07, 6.45) is 1.47. The Kier molecular flexibility index (Phi) is 6.60. The van der Waals surface area contributed by atoms with Crippen molar-refractivity contribution >= 4 is 18.1 Å². The van der Waals surface area contributed by atoms with Crippen molar-refractivity contribution in [2.75, 3.05) is 19.1 Å². The Morgan fingerprint density at radius 3 is 2.74 bits per heavy atom. The number of carbonyl (C=O) groups is 1. The van der Waals surface area contributed by atoms with E-state index >= 15 is 0 Å². The number of nitrogens with zero attached hydrogens (tertiary/aromatic N) is 3. The van der Waals surface area contributed by atoms with Gasteiger partial charge >= 0.3 is 0 Å². The van der Waals surface area contributed by atoms with Crippen LogP contribution in [-0.4, -0.2) is 35.8 Å². The van der Waals surface area contributed by atoms with E-state index in [1.807, 2.05) is 12.1 Å². The minimum Gasteiger partial charge on any atom is -0.493 e. The molecule has 31 heavy (non-hydrogen) atoms. The molecule has 4 N–H and O–H groups in total. The van der Waals surface area contributed by atoms with Crippen LogP contribution in [0.25, 0.3) is 11.3 Å². The van der Waals surface area contributed by atoms with E-state index in [0.717, 1.165) is 0 Å². The van der Waals surface area contributed by atoms with Crippen LogP contribution in [0.4, 0.5) is 5.95 Å². The number of carbonyl (C=O) groups excluding carboxylic acids is 1. The maximum Gasteiger partial charge on any atom is 0.270 e. The fraction of sp³-hybridized carbons (Fsp3) is 0.0952. The van der Waals surface area contributed by atoms with Crippen LogP contribution in [0, 0.1) is 11.3 Å². The SMILES string of the molecule is COc1cc(C=NNc2nc(-c3ccccc3)c(C#N)c(=O)[nH]2)ccc1OCC(N)=O. The van der Waals surface area contributed by atoms with E-state index in [4.69, 9.17) is 15.2 Å². The van der Waals surface area contributed by atoms with E-state index in [-0.39, 0.29) is 23.8 Å². The largest absolute Gasteiger partial charge is 0.493 e. The number of rotatable bonds is 8. The van der Waals surface area contributed by atoms with Crippen LogP contribution < -0.4 is 26.2 Å². The molecule has 0 fully saturated rings. The number of nitrogens with one attached hydrogen (secondary N) is 2. The van der Waals surface area contributed by atoms with E-state index in [1.54, 1.807) is 42.5 Å². The minimum atomic E-state index is -0.601. The molecule has 0 bridgehead atoms. The van der Waals surface area contributed by atoms with Crippen molar-refractivity contribution in [3.63, 3.8) is 0 Å². The lowest BCUT2D eigenvalue weighted by Crippen LogP contribution is -2.20. The molecule has 0 aliphatic heterocycles. The van der Waals surface area contributed by atoms with E-state index in [9.17, 15) is 14.9 Å². The summed E-state index contributed by atoms with van der Waals surface area (Å²) in [6, 6.07) is 15.7. The average Bonchev–Trinajstić information content (AvgIpc) is 2.78. The topological polar surface area (TPSA) is 155 Å². The predicted octanol–water partition coefficient (Wildman–Crippen LogP) is 1.63. The first kappa shape index (κ1) is 21.1. The third-order valence-corrected chi connectivity index (χ3v) is 4.02. The summed E-state index contributed by atoms with van der Waals surface area (Å²) in [7, 11) is 1.46. The number of hydrazone groups is 1. The van der Waals surface area contributed by atoms with Gasteiger partial charge in [-0.15, -0.1) is 0 Å². The number of aromatic amines is 1. The maximum atomic E-state index is 12.3. The molecular formula is C21H18N6O4. The van der Waals surface area contributed by atoms with Gasteiger partial charge in [-0.05, 0) is 23.8 Å². The first-order chi connectivity index (χ1) is 15.0. The summed E-state index contributed by atoms with van der Waals surface area (Å²) < 4.78 is 10.5. The lowest BCUT2D eigenvalue weighted by molar-refractivity contribution is -0.119. The van der Waals surface area contributed by atoms with E-state index in [0.29, 0.717) is 22.6 Å². The van der Waals surface area contributed by atoms with E-state index in [1.165, 1.54) is 13.3 Å². The van der Waals surface area contributed by atoms with Crippen LogP contribution in [0.3, 0.4) is 0 Å². The number of methoxy groups -OCH3 is 1. The molecule has 0 aliphatic rings. The molecule has 3 aromatic rings. The van der Waals surface area contributed by atoms with Crippen molar-refractivity contribution in [2.45, 2.75) is 0 Å². The van der Waals surface area contributed by atoms with Crippen LogP contribution in [0.5, 0.6) is 11.5 Å². The zero-order valence-corrected chi connectivity index (χ0v) is 16.5. The highest BCUT2D eigenvalue weighted by Crippen LogP contribution is 2.27. The average molecular weight is 418 g/mol. The number of aromatic nitrogens is 2. The molecule has 10 heteroatoms. The molecule has 156 valence electrons. The second-order valence-corrected chi connectivity index (χ2v) is 6.15. The lowest BCUT2D eigenvalue weighted by Gasteiger charge is -2.09. The molecule has 3 rings (SSSR count). The number of anilines is 1. The van der Waals surface area contributed by atoms with Crippen LogP contribution in [0.15, 0.2) is 58.4 Å². The smallest absolute Gasteiger partial charge is 0.270 e. The standard InChI is InChI=1S/C21H18N6O4/c1-30-17-9-13(7-8-16(17)31-12-18(23)28)11-24-27-21-25-19(14-5-3-2-4-6-14)15(10-22)20(29)26-21/h2-9,11H,12H2,1H3,(H2,23,28)(H2,25,26,27,29). The number of amides is 1. The summed E-state index contributed by atoms with van der Waals surface area (Å²) in [5.41, 5.74) is 8.59. The number of benzene rings is 2. The molecule has 0 saturated heterocycles. The van der Waals surface area contributed by atoms with Crippen molar-refractivity contribution in [3.8, 4) is 28.8 Å². The highest BCUT2D eigenvalue weighted by atomic mass is 16.5. The monoisotopic (exact) mass is 418 g/mol. The van der Waals surface area contributed by atoms with Crippen molar-refractivity contribution in [1.82, 2.24) is 9.97 Å². The molecule has 0 unspecified atom stereocenters. The molecule has 0 radical (unpaired) electrons. The zero-order chi connectivity index (χ0) is 22.2. The van der Waals surface area contributed by atoms with Gasteiger partial charge in [-0.2, -0.15) is 10.4 Å². The normalized spacial score (nSPS) is 10.5. The van der Waals surface area contributed by atoms with Gasteiger partial charge in [0.2, 0.25) is 5.95 Å². The van der Waals surface area contributed by atoms with Gasteiger partial charge < -0.3 is 15.2 Å². The summed E-state index contributed by atoms with van der Waals surface area (Å²) in [4.78, 5) is 29.9. The molecule has 1 aromatic heterocycles. The van der Waals surface area contributed by atoms with Gasteiger partial charge in [0.25, 0.3) is 11.5 Å². The number of nitriles is 1. The Morgan fingerprint density at radius 1 is 1.29 bits per heavy atom. The summed E-state index contributed by atoms with van der Waals surface area (Å²) in [6.45, 7) is -0.271. The fourth-order valence-corrected chi connectivity index (χ4v) is 2.64. The molecule has 1 amide bonds. The Hall–Kier alpha value is -4.65. The quantitative estimate of drug-likeness (QED) is 0.371. The van der Waals surface area contributed by atoms with Crippen molar-refractivity contribution < 1.29 is 14.3 Å². The number of nitrogens with two attached hydrogens (primary N) is 1. The molecule has 0 spiro atoms. The molecule has 10 nitrogen and oxygen atoms in total. The summed E-state index contributed by atoms with van der Waals surface area (Å²) >= 11 is 0. The van der Waals surface area contributed by atoms with Crippen molar-refractivity contribution in [1.29, 1.82) is 5.26 Å². The predicted molar refractivity (Wildman–Crippen MR) is 114 cm³/mol. The Morgan fingerprint density at radius 2 is 2.06 bits per heavy atom. The molecular weight excluding hydrogens is 400 g/mol. The molecule has 2 aromatic carbocycles. The number of hydrogen-bond acceptors (Lipinski definition) is 8. The van der Waals surface area contributed by atoms with Gasteiger partial charge in [0, 0.05) is 5.56 Å². The Balaban J connectivity index is 1.81. The number of hydrogen-bond donors (Lipinski definition) is 3. The van der Waals surface area contributed by atoms with E-state index in [2.05, 4.69) is 20.5 Å². The van der Waals surface area contributed by atoms with Gasteiger partial charge in [-0.3, -0.25) is 14.6 Å². The van der Waals surface area contributed by atoms with Crippen molar-refractivity contribution in [3.05, 3.63) is 70.0 Å². The van der Waals surface area contributed by atoms with Crippen molar-refractivity contribution in [2.24, 2.45) is 10.8 Å². The first-order valence-electron chi connectivity index (χ1n) is 9.00. The Bertz CT molecular complexity index is 1210. The van der Waals surface area contributed by atoms with Crippen LogP contribution in [-0.2, 0) is 4.79 Å².